The van der Waals surface area contributed by atoms with Crippen LogP contribution >= 0.6 is 0 Å². The number of rotatable bonds is 7. The van der Waals surface area contributed by atoms with Gasteiger partial charge in [-0.1, -0.05) is 19.9 Å². The van der Waals surface area contributed by atoms with Gasteiger partial charge in [0.1, 0.15) is 5.82 Å². The van der Waals surface area contributed by atoms with Crippen molar-refractivity contribution in [3.63, 3.8) is 0 Å². The van der Waals surface area contributed by atoms with Crippen LogP contribution in [0.1, 0.15) is 31.4 Å². The van der Waals surface area contributed by atoms with Crippen LogP contribution in [0.25, 0.3) is 6.08 Å². The summed E-state index contributed by atoms with van der Waals surface area (Å²) in [4.78, 5) is 12.8. The van der Waals surface area contributed by atoms with Gasteiger partial charge in [0.2, 0.25) is 0 Å². The molecule has 0 saturated carbocycles. The van der Waals surface area contributed by atoms with Crippen LogP contribution in [-0.4, -0.2) is 29.1 Å². The fraction of sp³-hybridized carbons (Fsp3) is 0.400. The molecular formula is C15H20FNO2. The minimum atomic E-state index is -1.03. The molecule has 104 valence electrons. The third-order valence-electron chi connectivity index (χ3n) is 2.89. The van der Waals surface area contributed by atoms with E-state index in [0.717, 1.165) is 31.1 Å². The Kier molecular flexibility index (Phi) is 6.22. The molecule has 0 spiro atoms. The second kappa shape index (κ2) is 7.69. The molecule has 0 heterocycles. The van der Waals surface area contributed by atoms with Crippen LogP contribution in [0.15, 0.2) is 24.3 Å². The molecule has 19 heavy (non-hydrogen) atoms. The topological polar surface area (TPSA) is 40.5 Å². The highest BCUT2D eigenvalue weighted by atomic mass is 19.1. The van der Waals surface area contributed by atoms with Gasteiger partial charge in [-0.05, 0) is 48.8 Å². The van der Waals surface area contributed by atoms with Gasteiger partial charge in [-0.25, -0.2) is 9.18 Å². The number of carboxylic acids is 1. The highest BCUT2D eigenvalue weighted by Gasteiger charge is 2.07. The van der Waals surface area contributed by atoms with E-state index in [1.165, 1.54) is 18.2 Å². The molecule has 0 aromatic heterocycles. The molecule has 1 N–H and O–H groups in total. The summed E-state index contributed by atoms with van der Waals surface area (Å²) >= 11 is 0. The smallest absolute Gasteiger partial charge is 0.328 e. The Labute approximate surface area is 113 Å². The van der Waals surface area contributed by atoms with E-state index >= 15 is 0 Å². The summed E-state index contributed by atoms with van der Waals surface area (Å²) in [6.45, 7) is 6.76. The Bertz CT molecular complexity index is 457. The van der Waals surface area contributed by atoms with Crippen LogP contribution in [0, 0.1) is 5.82 Å². The Hall–Kier alpha value is -1.68. The second-order valence-electron chi connectivity index (χ2n) is 4.38. The molecule has 0 atom stereocenters. The monoisotopic (exact) mass is 265 g/mol. The maximum atomic E-state index is 13.2. The molecule has 0 aliphatic carbocycles. The molecule has 4 heteroatoms. The first-order valence-electron chi connectivity index (χ1n) is 6.48. The summed E-state index contributed by atoms with van der Waals surface area (Å²) in [6.07, 6.45) is 3.53. The maximum Gasteiger partial charge on any atom is 0.328 e. The lowest BCUT2D eigenvalue weighted by Gasteiger charge is -2.20. The number of nitrogens with zero attached hydrogens (tertiary/aromatic N) is 1. The lowest BCUT2D eigenvalue weighted by molar-refractivity contribution is -0.131. The number of carbonyl (C=O) groups is 1. The molecule has 1 aromatic rings. The quantitative estimate of drug-likeness (QED) is 0.770. The third kappa shape index (κ3) is 5.22. The van der Waals surface area contributed by atoms with Gasteiger partial charge in [0.15, 0.2) is 0 Å². The zero-order valence-corrected chi connectivity index (χ0v) is 11.4. The molecule has 3 nitrogen and oxygen atoms in total. The zero-order valence-electron chi connectivity index (χ0n) is 11.4. The van der Waals surface area contributed by atoms with Crippen LogP contribution in [0.2, 0.25) is 0 Å². The standard InChI is InChI=1S/C15H20FNO2/c1-3-9-17(4-2)11-13-5-7-14(16)10-12(13)6-8-15(18)19/h5-8,10H,3-4,9,11H2,1-2H3,(H,18,19)/b8-6+. The highest BCUT2D eigenvalue weighted by molar-refractivity contribution is 5.85. The van der Waals surface area contributed by atoms with Crippen molar-refractivity contribution < 1.29 is 14.3 Å². The van der Waals surface area contributed by atoms with Crippen molar-refractivity contribution in [2.24, 2.45) is 0 Å². The number of halogens is 1. The van der Waals surface area contributed by atoms with Gasteiger partial charge in [0.05, 0.1) is 0 Å². The third-order valence-corrected chi connectivity index (χ3v) is 2.89. The van der Waals surface area contributed by atoms with Gasteiger partial charge in [0.25, 0.3) is 0 Å². The molecule has 0 radical (unpaired) electrons. The average molecular weight is 265 g/mol. The van der Waals surface area contributed by atoms with E-state index in [1.54, 1.807) is 6.07 Å². The molecule has 0 aliphatic rings. The van der Waals surface area contributed by atoms with E-state index in [0.29, 0.717) is 12.1 Å². The number of aliphatic carboxylic acids is 1. The van der Waals surface area contributed by atoms with Gasteiger partial charge in [-0.3, -0.25) is 4.90 Å². The highest BCUT2D eigenvalue weighted by Crippen LogP contribution is 2.16. The summed E-state index contributed by atoms with van der Waals surface area (Å²) in [7, 11) is 0. The lowest BCUT2D eigenvalue weighted by atomic mass is 10.1. The first-order chi connectivity index (χ1) is 9.06. The molecule has 1 rings (SSSR count). The fourth-order valence-electron chi connectivity index (χ4n) is 1.93. The summed E-state index contributed by atoms with van der Waals surface area (Å²) in [5.41, 5.74) is 1.56. The first kappa shape index (κ1) is 15.4. The Morgan fingerprint density at radius 1 is 1.42 bits per heavy atom. The molecule has 0 bridgehead atoms. The van der Waals surface area contributed by atoms with Crippen molar-refractivity contribution in [1.29, 1.82) is 0 Å². The van der Waals surface area contributed by atoms with E-state index in [9.17, 15) is 9.18 Å². The SMILES string of the molecule is CCCN(CC)Cc1ccc(F)cc1/C=C/C(=O)O. The van der Waals surface area contributed by atoms with Crippen LogP contribution in [0.3, 0.4) is 0 Å². The van der Waals surface area contributed by atoms with E-state index in [-0.39, 0.29) is 5.82 Å². The van der Waals surface area contributed by atoms with E-state index in [2.05, 4.69) is 18.7 Å². The predicted octanol–water partition coefficient (Wildman–Crippen LogP) is 3.16. The summed E-state index contributed by atoms with van der Waals surface area (Å²) in [6, 6.07) is 4.50. The van der Waals surface area contributed by atoms with Crippen LogP contribution in [0.4, 0.5) is 4.39 Å². The summed E-state index contributed by atoms with van der Waals surface area (Å²) < 4.78 is 13.2. The van der Waals surface area contributed by atoms with E-state index in [4.69, 9.17) is 5.11 Å². The van der Waals surface area contributed by atoms with Crippen LogP contribution in [-0.2, 0) is 11.3 Å². The maximum absolute atomic E-state index is 13.2. The van der Waals surface area contributed by atoms with Crippen LogP contribution in [0.5, 0.6) is 0 Å². The Morgan fingerprint density at radius 2 is 2.16 bits per heavy atom. The van der Waals surface area contributed by atoms with Gasteiger partial charge >= 0.3 is 5.97 Å². The van der Waals surface area contributed by atoms with Crippen LogP contribution < -0.4 is 0 Å². The van der Waals surface area contributed by atoms with Gasteiger partial charge in [-0.2, -0.15) is 0 Å². The Balaban J connectivity index is 2.95. The molecule has 0 aliphatic heterocycles. The number of carboxylic acid groups (broad SMARTS) is 1. The fourth-order valence-corrected chi connectivity index (χ4v) is 1.93. The number of hydrogen-bond acceptors (Lipinski definition) is 2. The Morgan fingerprint density at radius 3 is 2.74 bits per heavy atom. The van der Waals surface area contributed by atoms with Gasteiger partial charge in [-0.15, -0.1) is 0 Å². The zero-order chi connectivity index (χ0) is 14.3. The molecule has 0 amide bonds. The number of hydrogen-bond donors (Lipinski definition) is 1. The molecule has 0 saturated heterocycles. The first-order valence-corrected chi connectivity index (χ1v) is 6.48. The van der Waals surface area contributed by atoms with Crippen molar-refractivity contribution >= 4 is 12.0 Å². The van der Waals surface area contributed by atoms with Gasteiger partial charge in [0, 0.05) is 12.6 Å². The van der Waals surface area contributed by atoms with Crippen molar-refractivity contribution in [3.05, 3.63) is 41.2 Å². The lowest BCUT2D eigenvalue weighted by Crippen LogP contribution is -2.24. The molecule has 0 fully saturated rings. The van der Waals surface area contributed by atoms with Crippen molar-refractivity contribution in [1.82, 2.24) is 4.90 Å². The normalized spacial score (nSPS) is 11.4. The number of benzene rings is 1. The van der Waals surface area contributed by atoms with Gasteiger partial charge < -0.3 is 5.11 Å². The average Bonchev–Trinajstić information content (AvgIpc) is 2.38. The summed E-state index contributed by atoms with van der Waals surface area (Å²) in [5, 5.41) is 8.66. The van der Waals surface area contributed by atoms with Crippen molar-refractivity contribution in [2.45, 2.75) is 26.8 Å². The second-order valence-corrected chi connectivity index (χ2v) is 4.38. The molecule has 1 aromatic carbocycles. The minimum absolute atomic E-state index is 0.354. The largest absolute Gasteiger partial charge is 0.478 e. The summed E-state index contributed by atoms with van der Waals surface area (Å²) in [5.74, 6) is -1.39. The minimum Gasteiger partial charge on any atom is -0.478 e. The molecule has 0 unspecified atom stereocenters. The predicted molar refractivity (Wildman–Crippen MR) is 74.3 cm³/mol. The van der Waals surface area contributed by atoms with E-state index < -0.39 is 5.97 Å². The van der Waals surface area contributed by atoms with Crippen molar-refractivity contribution in [3.8, 4) is 0 Å². The van der Waals surface area contributed by atoms with Crippen molar-refractivity contribution in [2.75, 3.05) is 13.1 Å². The van der Waals surface area contributed by atoms with E-state index in [1.807, 2.05) is 0 Å². The molecular weight excluding hydrogens is 245 g/mol.